The molecule has 1 saturated heterocycles. The first-order valence-electron chi connectivity index (χ1n) is 6.76. The minimum atomic E-state index is 0.749. The van der Waals surface area contributed by atoms with Crippen LogP contribution in [-0.2, 0) is 6.42 Å². The summed E-state index contributed by atoms with van der Waals surface area (Å²) >= 11 is 0. The number of aryl methyl sites for hydroxylation is 1. The third-order valence-electron chi connectivity index (χ3n) is 4.25. The molecule has 1 nitrogen and oxygen atoms in total. The zero-order valence-electron chi connectivity index (χ0n) is 9.91. The molecule has 1 fully saturated rings. The van der Waals surface area contributed by atoms with E-state index >= 15 is 0 Å². The zero-order valence-corrected chi connectivity index (χ0v) is 9.91. The van der Waals surface area contributed by atoms with Crippen molar-refractivity contribution in [2.24, 2.45) is 0 Å². The maximum absolute atomic E-state index is 3.69. The molecule has 0 bridgehead atoms. The average Bonchev–Trinajstić information content (AvgIpc) is 2.76. The highest BCUT2D eigenvalue weighted by molar-refractivity contribution is 5.32. The molecule has 1 heteroatoms. The highest BCUT2D eigenvalue weighted by Gasteiger charge is 2.28. The summed E-state index contributed by atoms with van der Waals surface area (Å²) < 4.78 is 0. The molecule has 0 aromatic heterocycles. The molecule has 1 heterocycles. The molecule has 86 valence electrons. The van der Waals surface area contributed by atoms with Crippen LogP contribution in [0.2, 0.25) is 0 Å². The van der Waals surface area contributed by atoms with E-state index in [1.54, 1.807) is 11.1 Å². The second-order valence-electron chi connectivity index (χ2n) is 5.25. The molecule has 1 aliphatic carbocycles. The summed E-state index contributed by atoms with van der Waals surface area (Å²) in [5.41, 5.74) is 3.25. The van der Waals surface area contributed by atoms with Gasteiger partial charge in [-0.3, -0.25) is 0 Å². The second-order valence-corrected chi connectivity index (χ2v) is 5.25. The van der Waals surface area contributed by atoms with Gasteiger partial charge in [0.15, 0.2) is 0 Å². The average molecular weight is 215 g/mol. The Morgan fingerprint density at radius 2 is 1.94 bits per heavy atom. The van der Waals surface area contributed by atoms with Gasteiger partial charge in [-0.1, -0.05) is 30.7 Å². The predicted octanol–water partition coefficient (Wildman–Crippen LogP) is 3.25. The van der Waals surface area contributed by atoms with Gasteiger partial charge in [0, 0.05) is 6.04 Å². The van der Waals surface area contributed by atoms with Crippen LogP contribution in [0.15, 0.2) is 24.3 Å². The zero-order chi connectivity index (χ0) is 10.8. The van der Waals surface area contributed by atoms with Gasteiger partial charge in [-0.2, -0.15) is 0 Å². The van der Waals surface area contributed by atoms with E-state index in [1.807, 2.05) is 0 Å². The molecule has 2 atom stereocenters. The fourth-order valence-corrected chi connectivity index (χ4v) is 3.43. The topological polar surface area (TPSA) is 12.0 Å². The van der Waals surface area contributed by atoms with E-state index in [2.05, 4.69) is 29.6 Å². The van der Waals surface area contributed by atoms with Crippen molar-refractivity contribution in [2.75, 3.05) is 6.54 Å². The van der Waals surface area contributed by atoms with Gasteiger partial charge in [-0.05, 0) is 55.7 Å². The molecule has 0 spiro atoms. The molecular weight excluding hydrogens is 194 g/mol. The van der Waals surface area contributed by atoms with Crippen LogP contribution in [-0.4, -0.2) is 12.6 Å². The van der Waals surface area contributed by atoms with Crippen LogP contribution in [0, 0.1) is 0 Å². The van der Waals surface area contributed by atoms with E-state index in [9.17, 15) is 0 Å². The minimum absolute atomic E-state index is 0.749. The normalized spacial score (nSPS) is 29.8. The van der Waals surface area contributed by atoms with Crippen LogP contribution in [0.1, 0.15) is 49.1 Å². The molecule has 0 radical (unpaired) electrons. The molecule has 0 saturated carbocycles. The lowest BCUT2D eigenvalue weighted by atomic mass is 9.86. The van der Waals surface area contributed by atoms with Gasteiger partial charge in [-0.25, -0.2) is 0 Å². The molecule has 1 N–H and O–H groups in total. The van der Waals surface area contributed by atoms with Crippen molar-refractivity contribution in [3.8, 4) is 0 Å². The molecular formula is C15H21N. The largest absolute Gasteiger partial charge is 0.313 e. The maximum atomic E-state index is 3.69. The Morgan fingerprint density at radius 3 is 2.81 bits per heavy atom. The highest BCUT2D eigenvalue weighted by atomic mass is 14.9. The molecule has 16 heavy (non-hydrogen) atoms. The molecule has 0 amide bonds. The molecule has 3 rings (SSSR count). The van der Waals surface area contributed by atoms with E-state index in [4.69, 9.17) is 0 Å². The SMILES string of the molecule is c1ccc2c(c1)CCCC[C@@H]2[C@@H]1CCCN1. The molecule has 1 aromatic rings. The Hall–Kier alpha value is -0.820. The summed E-state index contributed by atoms with van der Waals surface area (Å²) in [6, 6.07) is 9.86. The van der Waals surface area contributed by atoms with Crippen molar-refractivity contribution in [1.29, 1.82) is 0 Å². The summed E-state index contributed by atoms with van der Waals surface area (Å²) in [5.74, 6) is 0.779. The third-order valence-corrected chi connectivity index (χ3v) is 4.25. The fourth-order valence-electron chi connectivity index (χ4n) is 3.43. The van der Waals surface area contributed by atoms with Crippen LogP contribution in [0.4, 0.5) is 0 Å². The van der Waals surface area contributed by atoms with Crippen molar-refractivity contribution in [1.82, 2.24) is 5.32 Å². The van der Waals surface area contributed by atoms with Crippen molar-refractivity contribution in [2.45, 2.75) is 50.5 Å². The van der Waals surface area contributed by atoms with Crippen LogP contribution in [0.25, 0.3) is 0 Å². The van der Waals surface area contributed by atoms with E-state index in [0.717, 1.165) is 12.0 Å². The van der Waals surface area contributed by atoms with Crippen LogP contribution in [0.3, 0.4) is 0 Å². The molecule has 1 aliphatic heterocycles. The second kappa shape index (κ2) is 4.58. The first-order chi connectivity index (χ1) is 7.95. The number of nitrogens with one attached hydrogen (secondary N) is 1. The van der Waals surface area contributed by atoms with Crippen LogP contribution >= 0.6 is 0 Å². The number of hydrogen-bond acceptors (Lipinski definition) is 1. The van der Waals surface area contributed by atoms with Gasteiger partial charge in [0.2, 0.25) is 0 Å². The van der Waals surface area contributed by atoms with E-state index < -0.39 is 0 Å². The summed E-state index contributed by atoms with van der Waals surface area (Å²) in [7, 11) is 0. The Kier molecular flexibility index (Phi) is 2.96. The summed E-state index contributed by atoms with van der Waals surface area (Å²) in [4.78, 5) is 0. The van der Waals surface area contributed by atoms with Gasteiger partial charge in [-0.15, -0.1) is 0 Å². The smallest absolute Gasteiger partial charge is 0.0136 e. The van der Waals surface area contributed by atoms with Gasteiger partial charge in [0.25, 0.3) is 0 Å². The Morgan fingerprint density at radius 1 is 1.00 bits per heavy atom. The lowest BCUT2D eigenvalue weighted by Crippen LogP contribution is -2.29. The molecule has 0 unspecified atom stereocenters. The monoisotopic (exact) mass is 215 g/mol. The lowest BCUT2D eigenvalue weighted by Gasteiger charge is -2.24. The lowest BCUT2D eigenvalue weighted by molar-refractivity contribution is 0.456. The van der Waals surface area contributed by atoms with Gasteiger partial charge in [0.1, 0.15) is 0 Å². The van der Waals surface area contributed by atoms with E-state index in [1.165, 1.54) is 45.1 Å². The van der Waals surface area contributed by atoms with Crippen molar-refractivity contribution < 1.29 is 0 Å². The maximum Gasteiger partial charge on any atom is 0.0136 e. The standard InChI is InChI=1S/C15H21N/c1-3-8-13-12(6-1)7-2-4-9-14(13)15-10-5-11-16-15/h1,3,6,8,14-16H,2,4-5,7,9-11H2/t14-,15-/m0/s1. The Bertz CT molecular complexity index is 352. The Balaban J connectivity index is 1.92. The van der Waals surface area contributed by atoms with Crippen LogP contribution < -0.4 is 5.32 Å². The van der Waals surface area contributed by atoms with Crippen molar-refractivity contribution in [3.63, 3.8) is 0 Å². The highest BCUT2D eigenvalue weighted by Crippen LogP contribution is 2.35. The van der Waals surface area contributed by atoms with E-state index in [-0.39, 0.29) is 0 Å². The van der Waals surface area contributed by atoms with Crippen molar-refractivity contribution in [3.05, 3.63) is 35.4 Å². The fraction of sp³-hybridized carbons (Fsp3) is 0.600. The van der Waals surface area contributed by atoms with E-state index in [0.29, 0.717) is 0 Å². The third kappa shape index (κ3) is 1.89. The summed E-state index contributed by atoms with van der Waals surface area (Å²) in [6.07, 6.45) is 8.19. The minimum Gasteiger partial charge on any atom is -0.313 e. The first-order valence-corrected chi connectivity index (χ1v) is 6.76. The van der Waals surface area contributed by atoms with Crippen LogP contribution in [0.5, 0.6) is 0 Å². The predicted molar refractivity (Wildman–Crippen MR) is 67.8 cm³/mol. The van der Waals surface area contributed by atoms with Gasteiger partial charge < -0.3 is 5.32 Å². The quantitative estimate of drug-likeness (QED) is 0.709. The number of fused-ring (bicyclic) bond motifs is 1. The molecule has 1 aromatic carbocycles. The van der Waals surface area contributed by atoms with Gasteiger partial charge in [0.05, 0.1) is 0 Å². The summed E-state index contributed by atoms with van der Waals surface area (Å²) in [6.45, 7) is 1.23. The van der Waals surface area contributed by atoms with Gasteiger partial charge >= 0.3 is 0 Å². The number of hydrogen-bond donors (Lipinski definition) is 1. The van der Waals surface area contributed by atoms with Crippen molar-refractivity contribution >= 4 is 0 Å². The summed E-state index contributed by atoms with van der Waals surface area (Å²) in [5, 5.41) is 3.69. The Labute approximate surface area is 98.3 Å². The molecule has 2 aliphatic rings. The number of benzene rings is 1. The first kappa shape index (κ1) is 10.3. The number of rotatable bonds is 1.